The lowest BCUT2D eigenvalue weighted by atomic mass is 10.3. The van der Waals surface area contributed by atoms with Crippen molar-refractivity contribution in [3.8, 4) is 0 Å². The number of carbonyl (C=O) groups excluding carboxylic acids is 1. The molecular formula is C8H5BrN2O2S. The first kappa shape index (κ1) is 9.42. The predicted octanol–water partition coefficient (Wildman–Crippen LogP) is 2.75. The van der Waals surface area contributed by atoms with Gasteiger partial charge in [-0.3, -0.25) is 10.1 Å². The van der Waals surface area contributed by atoms with Gasteiger partial charge in [-0.05, 0) is 22.0 Å². The summed E-state index contributed by atoms with van der Waals surface area (Å²) in [5.74, 6) is -0.236. The number of anilines is 1. The normalized spacial score (nSPS) is 10.1. The summed E-state index contributed by atoms with van der Waals surface area (Å²) in [4.78, 5) is 15.5. The summed E-state index contributed by atoms with van der Waals surface area (Å²) in [6.45, 7) is 0. The van der Waals surface area contributed by atoms with E-state index in [1.807, 2.05) is 0 Å². The van der Waals surface area contributed by atoms with Crippen molar-refractivity contribution in [2.45, 2.75) is 0 Å². The van der Waals surface area contributed by atoms with E-state index in [2.05, 4.69) is 26.2 Å². The maximum atomic E-state index is 11.6. The second kappa shape index (κ2) is 3.93. The maximum Gasteiger partial charge on any atom is 0.261 e. The third-order valence-electron chi connectivity index (χ3n) is 1.52. The van der Waals surface area contributed by atoms with Gasteiger partial charge in [0.25, 0.3) is 5.91 Å². The molecule has 0 bridgehead atoms. The van der Waals surface area contributed by atoms with Gasteiger partial charge in [0.15, 0.2) is 9.80 Å². The fourth-order valence-electron chi connectivity index (χ4n) is 0.905. The van der Waals surface area contributed by atoms with E-state index in [4.69, 9.17) is 4.42 Å². The van der Waals surface area contributed by atoms with Crippen LogP contribution in [0.15, 0.2) is 33.0 Å². The summed E-state index contributed by atoms with van der Waals surface area (Å²) >= 11 is 4.49. The lowest BCUT2D eigenvalue weighted by Crippen LogP contribution is -2.10. The number of amides is 1. The second-order valence-electron chi connectivity index (χ2n) is 2.40. The van der Waals surface area contributed by atoms with Gasteiger partial charge in [-0.1, -0.05) is 0 Å². The lowest BCUT2D eigenvalue weighted by molar-refractivity contribution is 0.102. The van der Waals surface area contributed by atoms with Gasteiger partial charge in [-0.15, -0.1) is 11.3 Å². The van der Waals surface area contributed by atoms with Crippen LogP contribution in [0.3, 0.4) is 0 Å². The highest BCUT2D eigenvalue weighted by Gasteiger charge is 2.13. The molecule has 4 nitrogen and oxygen atoms in total. The summed E-state index contributed by atoms with van der Waals surface area (Å²) in [6, 6.07) is 1.59. The zero-order valence-electron chi connectivity index (χ0n) is 6.86. The predicted molar refractivity (Wildman–Crippen MR) is 56.5 cm³/mol. The molecule has 0 unspecified atom stereocenters. The Morgan fingerprint density at radius 2 is 2.50 bits per heavy atom. The molecule has 2 aromatic rings. The highest BCUT2D eigenvalue weighted by atomic mass is 79.9. The molecule has 1 amide bonds. The molecule has 1 N–H and O–H groups in total. The first-order valence-electron chi connectivity index (χ1n) is 3.71. The summed E-state index contributed by atoms with van der Waals surface area (Å²) in [7, 11) is 0. The number of rotatable bonds is 2. The van der Waals surface area contributed by atoms with Crippen molar-refractivity contribution in [1.29, 1.82) is 0 Å². The number of hydrogen-bond donors (Lipinski definition) is 1. The van der Waals surface area contributed by atoms with E-state index in [0.29, 0.717) is 15.4 Å². The monoisotopic (exact) mass is 272 g/mol. The van der Waals surface area contributed by atoms with E-state index >= 15 is 0 Å². The van der Waals surface area contributed by atoms with Crippen LogP contribution >= 0.6 is 27.3 Å². The number of aromatic nitrogens is 1. The van der Waals surface area contributed by atoms with Crippen LogP contribution < -0.4 is 5.32 Å². The summed E-state index contributed by atoms with van der Waals surface area (Å²) in [5, 5.41) is 5.01. The number of carbonyl (C=O) groups is 1. The zero-order valence-corrected chi connectivity index (χ0v) is 9.26. The molecule has 2 aromatic heterocycles. The van der Waals surface area contributed by atoms with Crippen molar-refractivity contribution in [2.75, 3.05) is 5.32 Å². The fraction of sp³-hybridized carbons (Fsp3) is 0. The average molecular weight is 273 g/mol. The van der Waals surface area contributed by atoms with E-state index in [0.717, 1.165) is 0 Å². The van der Waals surface area contributed by atoms with E-state index in [9.17, 15) is 4.79 Å². The number of nitrogens with one attached hydrogen (secondary N) is 1. The smallest absolute Gasteiger partial charge is 0.261 e. The van der Waals surface area contributed by atoms with Gasteiger partial charge in [0.2, 0.25) is 0 Å². The Bertz CT molecular complexity index is 438. The van der Waals surface area contributed by atoms with Crippen LogP contribution in [-0.4, -0.2) is 10.9 Å². The molecule has 72 valence electrons. The average Bonchev–Trinajstić information content (AvgIpc) is 2.75. The minimum absolute atomic E-state index is 0.236. The number of thiazole rings is 1. The van der Waals surface area contributed by atoms with Crippen LogP contribution in [-0.2, 0) is 0 Å². The third-order valence-corrected chi connectivity index (χ3v) is 2.82. The van der Waals surface area contributed by atoms with Gasteiger partial charge in [0, 0.05) is 11.6 Å². The van der Waals surface area contributed by atoms with Crippen molar-refractivity contribution in [1.82, 2.24) is 4.98 Å². The van der Waals surface area contributed by atoms with Gasteiger partial charge in [0.1, 0.15) is 0 Å². The van der Waals surface area contributed by atoms with Gasteiger partial charge in [-0.25, -0.2) is 4.98 Å². The first-order valence-corrected chi connectivity index (χ1v) is 5.38. The molecule has 0 saturated carbocycles. The second-order valence-corrected chi connectivity index (χ2v) is 4.01. The molecule has 0 spiro atoms. The minimum Gasteiger partial charge on any atom is -0.457 e. The molecular weight excluding hydrogens is 268 g/mol. The van der Waals surface area contributed by atoms with Gasteiger partial charge < -0.3 is 4.42 Å². The largest absolute Gasteiger partial charge is 0.457 e. The summed E-state index contributed by atoms with van der Waals surface area (Å²) < 4.78 is 5.37. The van der Waals surface area contributed by atoms with Crippen molar-refractivity contribution in [3.63, 3.8) is 0 Å². The summed E-state index contributed by atoms with van der Waals surface area (Å²) in [6.07, 6.45) is 3.07. The molecule has 2 rings (SSSR count). The standard InChI is InChI=1S/C8H5BrN2O2S/c9-6-5(1-3-13-6)7(12)11-8-10-2-4-14-8/h1-4H,(H,10,11,12). The van der Waals surface area contributed by atoms with E-state index in [-0.39, 0.29) is 5.91 Å². The Hall–Kier alpha value is -1.14. The molecule has 0 aliphatic heterocycles. The van der Waals surface area contributed by atoms with Crippen LogP contribution in [0.25, 0.3) is 0 Å². The minimum atomic E-state index is -0.236. The van der Waals surface area contributed by atoms with Gasteiger partial charge in [0.05, 0.1) is 11.8 Å². The maximum absolute atomic E-state index is 11.6. The molecule has 14 heavy (non-hydrogen) atoms. The Balaban J connectivity index is 2.14. The van der Waals surface area contributed by atoms with Crippen LogP contribution in [0, 0.1) is 0 Å². The molecule has 0 aliphatic carbocycles. The molecule has 0 fully saturated rings. The SMILES string of the molecule is O=C(Nc1nccs1)c1ccoc1Br. The van der Waals surface area contributed by atoms with E-state index in [1.54, 1.807) is 17.6 Å². The number of halogens is 1. The lowest BCUT2D eigenvalue weighted by Gasteiger charge is -1.97. The van der Waals surface area contributed by atoms with Crippen LogP contribution in [0.1, 0.15) is 10.4 Å². The summed E-state index contributed by atoms with van der Waals surface area (Å²) in [5.41, 5.74) is 0.459. The highest BCUT2D eigenvalue weighted by molar-refractivity contribution is 9.10. The molecule has 0 atom stereocenters. The third kappa shape index (κ3) is 1.85. The molecule has 0 saturated heterocycles. The molecule has 0 radical (unpaired) electrons. The number of hydrogen-bond acceptors (Lipinski definition) is 4. The topological polar surface area (TPSA) is 55.1 Å². The highest BCUT2D eigenvalue weighted by Crippen LogP contribution is 2.19. The van der Waals surface area contributed by atoms with Crippen molar-refractivity contribution < 1.29 is 9.21 Å². The fourth-order valence-corrected chi connectivity index (χ4v) is 1.85. The van der Waals surface area contributed by atoms with Crippen LogP contribution in [0.4, 0.5) is 5.13 Å². The number of nitrogens with zero attached hydrogens (tertiary/aromatic N) is 1. The Morgan fingerprint density at radius 3 is 3.07 bits per heavy atom. The zero-order chi connectivity index (χ0) is 9.97. The molecule has 2 heterocycles. The van der Waals surface area contributed by atoms with E-state index < -0.39 is 0 Å². The quantitative estimate of drug-likeness (QED) is 0.915. The van der Waals surface area contributed by atoms with E-state index in [1.165, 1.54) is 17.6 Å². The first-order chi connectivity index (χ1) is 6.77. The molecule has 0 aromatic carbocycles. The Morgan fingerprint density at radius 1 is 1.64 bits per heavy atom. The Labute approximate surface area is 92.1 Å². The molecule has 6 heteroatoms. The van der Waals surface area contributed by atoms with Crippen LogP contribution in [0.5, 0.6) is 0 Å². The molecule has 0 aliphatic rings. The Kier molecular flexibility index (Phi) is 2.64. The van der Waals surface area contributed by atoms with Crippen molar-refractivity contribution >= 4 is 38.3 Å². The van der Waals surface area contributed by atoms with Crippen molar-refractivity contribution in [2.24, 2.45) is 0 Å². The van der Waals surface area contributed by atoms with Gasteiger partial charge >= 0.3 is 0 Å². The van der Waals surface area contributed by atoms with Crippen LogP contribution in [0.2, 0.25) is 0 Å². The van der Waals surface area contributed by atoms with Crippen molar-refractivity contribution in [3.05, 3.63) is 34.1 Å². The number of furan rings is 1. The van der Waals surface area contributed by atoms with Gasteiger partial charge in [-0.2, -0.15) is 0 Å².